The van der Waals surface area contributed by atoms with E-state index in [0.29, 0.717) is 31.8 Å². The normalized spacial score (nSPS) is 13.4. The van der Waals surface area contributed by atoms with Crippen molar-refractivity contribution in [2.75, 3.05) is 6.54 Å². The summed E-state index contributed by atoms with van der Waals surface area (Å²) in [6, 6.07) is 5.61. The van der Waals surface area contributed by atoms with Gasteiger partial charge in [-0.2, -0.15) is 0 Å². The number of nitrogens with one attached hydrogen (secondary N) is 1. The molecule has 160 valence electrons. The van der Waals surface area contributed by atoms with Crippen LogP contribution in [0.3, 0.4) is 0 Å². The Bertz CT molecular complexity index is 1120. The molecular formula is C23H24N4O3S. The van der Waals surface area contributed by atoms with E-state index in [1.54, 1.807) is 23.5 Å². The monoisotopic (exact) mass is 436 g/mol. The van der Waals surface area contributed by atoms with Crippen molar-refractivity contribution in [1.82, 2.24) is 20.4 Å². The Morgan fingerprint density at radius 1 is 1.39 bits per heavy atom. The second kappa shape index (κ2) is 9.26. The number of hydrogen-bond donors (Lipinski definition) is 1. The fourth-order valence-electron chi connectivity index (χ4n) is 3.64. The van der Waals surface area contributed by atoms with Gasteiger partial charge in [0.15, 0.2) is 5.69 Å². The summed E-state index contributed by atoms with van der Waals surface area (Å²) >= 11 is 1.60. The van der Waals surface area contributed by atoms with Gasteiger partial charge in [-0.15, -0.1) is 11.3 Å². The van der Waals surface area contributed by atoms with Crippen molar-refractivity contribution in [3.8, 4) is 0 Å². The summed E-state index contributed by atoms with van der Waals surface area (Å²) in [4.78, 5) is 32.4. The number of hydrogen-bond acceptors (Lipinski definition) is 6. The Morgan fingerprint density at radius 3 is 3.00 bits per heavy atom. The molecule has 0 fully saturated rings. The smallest absolute Gasteiger partial charge is 0.273 e. The van der Waals surface area contributed by atoms with Gasteiger partial charge < -0.3 is 14.7 Å². The highest BCUT2D eigenvalue weighted by molar-refractivity contribution is 7.10. The number of thiophene rings is 1. The minimum Gasteiger partial charge on any atom is -0.361 e. The Balaban J connectivity index is 1.44. The SMILES string of the molecule is CCc1cc(C(=O)NCc2c(C)ncc3c2CCN(C(=O)/C=C/c2cccs2)C3)no1. The lowest BCUT2D eigenvalue weighted by molar-refractivity contribution is -0.126. The summed E-state index contributed by atoms with van der Waals surface area (Å²) in [6.45, 7) is 5.39. The zero-order valence-electron chi connectivity index (χ0n) is 17.6. The van der Waals surface area contributed by atoms with E-state index in [0.717, 1.165) is 33.7 Å². The number of aryl methyl sites for hydroxylation is 2. The van der Waals surface area contributed by atoms with Crippen LogP contribution < -0.4 is 5.32 Å². The summed E-state index contributed by atoms with van der Waals surface area (Å²) < 4.78 is 5.11. The van der Waals surface area contributed by atoms with E-state index in [1.165, 1.54) is 0 Å². The molecule has 0 unspecified atom stereocenters. The molecule has 4 heterocycles. The molecule has 0 saturated carbocycles. The molecule has 4 rings (SSSR count). The van der Waals surface area contributed by atoms with Crippen LogP contribution in [0.2, 0.25) is 0 Å². The van der Waals surface area contributed by atoms with Gasteiger partial charge in [-0.1, -0.05) is 18.1 Å². The molecule has 1 aliphatic rings. The number of carbonyl (C=O) groups excluding carboxylic acids is 2. The summed E-state index contributed by atoms with van der Waals surface area (Å²) in [5.74, 6) is 0.400. The standard InChI is InChI=1S/C23H24N4O3S/c1-3-17-11-21(26-30-17)23(29)25-13-20-15(2)24-12-16-14-27(9-8-19(16)20)22(28)7-6-18-5-4-10-31-18/h4-7,10-12H,3,8-9,13-14H2,1-2H3,(H,25,29)/b7-6+. The minimum atomic E-state index is -0.271. The van der Waals surface area contributed by atoms with E-state index < -0.39 is 0 Å². The molecule has 0 bridgehead atoms. The second-order valence-electron chi connectivity index (χ2n) is 7.40. The zero-order chi connectivity index (χ0) is 21.8. The number of fused-ring (bicyclic) bond motifs is 1. The first kappa shape index (κ1) is 21.0. The lowest BCUT2D eigenvalue weighted by atomic mass is 9.94. The topological polar surface area (TPSA) is 88.3 Å². The van der Waals surface area contributed by atoms with Gasteiger partial charge in [0.2, 0.25) is 5.91 Å². The molecule has 3 aromatic rings. The Morgan fingerprint density at radius 2 is 2.26 bits per heavy atom. The van der Waals surface area contributed by atoms with Crippen molar-refractivity contribution >= 4 is 29.2 Å². The van der Waals surface area contributed by atoms with Crippen molar-refractivity contribution in [2.45, 2.75) is 39.8 Å². The lowest BCUT2D eigenvalue weighted by Gasteiger charge is -2.29. The first-order chi connectivity index (χ1) is 15.0. The van der Waals surface area contributed by atoms with Gasteiger partial charge in [0, 0.05) is 55.0 Å². The van der Waals surface area contributed by atoms with Crippen molar-refractivity contribution in [3.05, 3.63) is 74.6 Å². The third-order valence-corrected chi connectivity index (χ3v) is 6.24. The predicted octanol–water partition coefficient (Wildman–Crippen LogP) is 3.53. The van der Waals surface area contributed by atoms with Crippen LogP contribution in [0.1, 0.15) is 50.4 Å². The average Bonchev–Trinajstić information content (AvgIpc) is 3.48. The number of amides is 2. The molecule has 0 aliphatic carbocycles. The van der Waals surface area contributed by atoms with Crippen LogP contribution >= 0.6 is 11.3 Å². The van der Waals surface area contributed by atoms with E-state index in [2.05, 4.69) is 15.5 Å². The van der Waals surface area contributed by atoms with E-state index in [-0.39, 0.29) is 17.5 Å². The fraction of sp³-hybridized carbons (Fsp3) is 0.304. The van der Waals surface area contributed by atoms with Gasteiger partial charge in [0.1, 0.15) is 5.76 Å². The van der Waals surface area contributed by atoms with E-state index in [4.69, 9.17) is 4.52 Å². The maximum absolute atomic E-state index is 12.6. The second-order valence-corrected chi connectivity index (χ2v) is 8.38. The van der Waals surface area contributed by atoms with E-state index in [1.807, 2.05) is 48.5 Å². The van der Waals surface area contributed by atoms with Crippen LogP contribution in [0.25, 0.3) is 6.08 Å². The maximum atomic E-state index is 12.6. The van der Waals surface area contributed by atoms with Crippen LogP contribution in [0.4, 0.5) is 0 Å². The molecule has 8 heteroatoms. The fourth-order valence-corrected chi connectivity index (χ4v) is 4.25. The molecular weight excluding hydrogens is 412 g/mol. The number of pyridine rings is 1. The summed E-state index contributed by atoms with van der Waals surface area (Å²) in [7, 11) is 0. The van der Waals surface area contributed by atoms with Gasteiger partial charge in [0.25, 0.3) is 5.91 Å². The Kier molecular flexibility index (Phi) is 6.27. The van der Waals surface area contributed by atoms with Crippen LogP contribution in [0.5, 0.6) is 0 Å². The molecule has 0 atom stereocenters. The largest absolute Gasteiger partial charge is 0.361 e. The van der Waals surface area contributed by atoms with Crippen molar-refractivity contribution in [1.29, 1.82) is 0 Å². The molecule has 1 aliphatic heterocycles. The summed E-state index contributed by atoms with van der Waals surface area (Å²) in [5, 5.41) is 8.73. The van der Waals surface area contributed by atoms with Crippen molar-refractivity contribution in [2.24, 2.45) is 0 Å². The minimum absolute atomic E-state index is 0.00719. The van der Waals surface area contributed by atoms with Gasteiger partial charge in [0.05, 0.1) is 0 Å². The molecule has 0 radical (unpaired) electrons. The molecule has 31 heavy (non-hydrogen) atoms. The zero-order valence-corrected chi connectivity index (χ0v) is 18.4. The quantitative estimate of drug-likeness (QED) is 0.597. The van der Waals surface area contributed by atoms with Crippen LogP contribution in [-0.4, -0.2) is 33.4 Å². The summed E-state index contributed by atoms with van der Waals surface area (Å²) in [5.41, 5.74) is 4.35. The first-order valence-corrected chi connectivity index (χ1v) is 11.1. The van der Waals surface area contributed by atoms with Gasteiger partial charge in [-0.05, 0) is 47.6 Å². The number of nitrogens with zero attached hydrogens (tertiary/aromatic N) is 3. The third kappa shape index (κ3) is 4.74. The van der Waals surface area contributed by atoms with Crippen LogP contribution in [0, 0.1) is 6.92 Å². The highest BCUT2D eigenvalue weighted by Crippen LogP contribution is 2.24. The number of rotatable bonds is 6. The van der Waals surface area contributed by atoms with Crippen LogP contribution in [0.15, 0.2) is 40.4 Å². The van der Waals surface area contributed by atoms with Gasteiger partial charge >= 0.3 is 0 Å². The lowest BCUT2D eigenvalue weighted by Crippen LogP contribution is -2.36. The number of carbonyl (C=O) groups is 2. The van der Waals surface area contributed by atoms with E-state index in [9.17, 15) is 9.59 Å². The average molecular weight is 437 g/mol. The maximum Gasteiger partial charge on any atom is 0.273 e. The summed E-state index contributed by atoms with van der Waals surface area (Å²) in [6.07, 6.45) is 6.73. The van der Waals surface area contributed by atoms with Crippen LogP contribution in [-0.2, 0) is 30.7 Å². The van der Waals surface area contributed by atoms with Gasteiger partial charge in [-0.25, -0.2) is 0 Å². The molecule has 0 saturated heterocycles. The van der Waals surface area contributed by atoms with Crippen molar-refractivity contribution in [3.63, 3.8) is 0 Å². The molecule has 0 spiro atoms. The third-order valence-electron chi connectivity index (χ3n) is 5.41. The Hall–Kier alpha value is -3.26. The van der Waals surface area contributed by atoms with Gasteiger partial charge in [-0.3, -0.25) is 14.6 Å². The molecule has 0 aromatic carbocycles. The van der Waals surface area contributed by atoms with Crippen molar-refractivity contribution < 1.29 is 14.1 Å². The van der Waals surface area contributed by atoms with E-state index >= 15 is 0 Å². The molecule has 7 nitrogen and oxygen atoms in total. The highest BCUT2D eigenvalue weighted by Gasteiger charge is 2.23. The molecule has 1 N–H and O–H groups in total. The molecule has 3 aromatic heterocycles. The Labute approximate surface area is 184 Å². The first-order valence-electron chi connectivity index (χ1n) is 10.3. The number of aromatic nitrogens is 2. The highest BCUT2D eigenvalue weighted by atomic mass is 32.1. The predicted molar refractivity (Wildman–Crippen MR) is 118 cm³/mol. The molecule has 2 amide bonds.